The Kier molecular flexibility index (Phi) is 5.16. The molecule has 5 heteroatoms. The van der Waals surface area contributed by atoms with Crippen molar-refractivity contribution in [3.05, 3.63) is 36.0 Å². The molecule has 1 saturated heterocycles. The number of piperidine rings is 1. The number of hydrogen-bond donors (Lipinski definition) is 1. The van der Waals surface area contributed by atoms with Crippen molar-refractivity contribution in [3.63, 3.8) is 0 Å². The minimum atomic E-state index is -0.216. The van der Waals surface area contributed by atoms with Gasteiger partial charge in [-0.2, -0.15) is 5.10 Å². The number of hydrogen-bond acceptors (Lipinski definition) is 4. The molecule has 2 aromatic rings. The van der Waals surface area contributed by atoms with Crippen molar-refractivity contribution in [2.45, 2.75) is 51.8 Å². The zero-order valence-corrected chi connectivity index (χ0v) is 15.7. The maximum atomic E-state index is 9.97. The van der Waals surface area contributed by atoms with Crippen LogP contribution in [0.15, 0.2) is 30.5 Å². The van der Waals surface area contributed by atoms with Crippen LogP contribution in [0.4, 0.5) is 0 Å². The SMILES string of the molecule is COc1cccc(-c2nn(C(C)(C)C)cc2CN2CCCC(O)C2)c1. The molecule has 0 saturated carbocycles. The third-order valence-corrected chi connectivity index (χ3v) is 4.70. The Morgan fingerprint density at radius 2 is 2.12 bits per heavy atom. The Hall–Kier alpha value is -1.85. The van der Waals surface area contributed by atoms with Gasteiger partial charge in [0.25, 0.3) is 0 Å². The molecular formula is C20H29N3O2. The Balaban J connectivity index is 1.96. The van der Waals surface area contributed by atoms with Crippen LogP contribution in [0.3, 0.4) is 0 Å². The van der Waals surface area contributed by atoms with Gasteiger partial charge in [-0.05, 0) is 52.3 Å². The molecule has 1 aliphatic rings. The van der Waals surface area contributed by atoms with E-state index in [1.165, 1.54) is 5.56 Å². The predicted molar refractivity (Wildman–Crippen MR) is 99.7 cm³/mol. The lowest BCUT2D eigenvalue weighted by Crippen LogP contribution is -2.37. The summed E-state index contributed by atoms with van der Waals surface area (Å²) in [7, 11) is 1.68. The van der Waals surface area contributed by atoms with E-state index in [1.54, 1.807) is 7.11 Å². The summed E-state index contributed by atoms with van der Waals surface area (Å²) >= 11 is 0. The van der Waals surface area contributed by atoms with Crippen LogP contribution in [-0.4, -0.2) is 46.1 Å². The fraction of sp³-hybridized carbons (Fsp3) is 0.550. The number of aliphatic hydroxyl groups is 1. The maximum Gasteiger partial charge on any atom is 0.119 e. The van der Waals surface area contributed by atoms with Gasteiger partial charge in [0.1, 0.15) is 5.75 Å². The van der Waals surface area contributed by atoms with Crippen molar-refractivity contribution in [1.82, 2.24) is 14.7 Å². The molecule has 0 spiro atoms. The van der Waals surface area contributed by atoms with E-state index < -0.39 is 0 Å². The number of methoxy groups -OCH3 is 1. The number of nitrogens with zero attached hydrogens (tertiary/aromatic N) is 3. The number of likely N-dealkylation sites (tertiary alicyclic amines) is 1. The molecule has 0 amide bonds. The van der Waals surface area contributed by atoms with E-state index in [9.17, 15) is 5.11 Å². The lowest BCUT2D eigenvalue weighted by molar-refractivity contribution is 0.0669. The zero-order valence-electron chi connectivity index (χ0n) is 15.7. The first-order valence-electron chi connectivity index (χ1n) is 9.00. The van der Waals surface area contributed by atoms with Crippen LogP contribution >= 0.6 is 0 Å². The van der Waals surface area contributed by atoms with Crippen LogP contribution in [0.2, 0.25) is 0 Å². The predicted octanol–water partition coefficient (Wildman–Crippen LogP) is 3.27. The summed E-state index contributed by atoms with van der Waals surface area (Å²) in [4.78, 5) is 2.32. The summed E-state index contributed by atoms with van der Waals surface area (Å²) in [5.41, 5.74) is 3.17. The van der Waals surface area contributed by atoms with E-state index in [0.29, 0.717) is 0 Å². The highest BCUT2D eigenvalue weighted by atomic mass is 16.5. The minimum Gasteiger partial charge on any atom is -0.497 e. The fourth-order valence-corrected chi connectivity index (χ4v) is 3.30. The summed E-state index contributed by atoms with van der Waals surface area (Å²) < 4.78 is 7.42. The van der Waals surface area contributed by atoms with Crippen molar-refractivity contribution in [2.75, 3.05) is 20.2 Å². The lowest BCUT2D eigenvalue weighted by atomic mass is 10.0. The Bertz CT molecular complexity index is 718. The lowest BCUT2D eigenvalue weighted by Gasteiger charge is -2.29. The van der Waals surface area contributed by atoms with Crippen LogP contribution in [0.5, 0.6) is 5.75 Å². The summed E-state index contributed by atoms with van der Waals surface area (Å²) in [6.07, 6.45) is 3.88. The van der Waals surface area contributed by atoms with Crippen molar-refractivity contribution < 1.29 is 9.84 Å². The van der Waals surface area contributed by atoms with Crippen molar-refractivity contribution in [1.29, 1.82) is 0 Å². The van der Waals surface area contributed by atoms with E-state index in [1.807, 2.05) is 22.9 Å². The molecule has 0 bridgehead atoms. The molecule has 1 aromatic heterocycles. The summed E-state index contributed by atoms with van der Waals surface area (Å²) in [6, 6.07) is 8.06. The summed E-state index contributed by atoms with van der Waals surface area (Å²) in [5.74, 6) is 0.835. The largest absolute Gasteiger partial charge is 0.497 e. The molecular weight excluding hydrogens is 314 g/mol. The first kappa shape index (κ1) is 18.0. The average molecular weight is 343 g/mol. The molecule has 1 unspecified atom stereocenters. The first-order chi connectivity index (χ1) is 11.9. The van der Waals surface area contributed by atoms with Crippen LogP contribution in [-0.2, 0) is 12.1 Å². The Labute approximate surface area is 150 Å². The third kappa shape index (κ3) is 4.22. The highest BCUT2D eigenvalue weighted by Crippen LogP contribution is 2.29. The van der Waals surface area contributed by atoms with Crippen LogP contribution in [0, 0.1) is 0 Å². The maximum absolute atomic E-state index is 9.97. The molecule has 1 aromatic carbocycles. The number of benzene rings is 1. The molecule has 1 atom stereocenters. The first-order valence-corrected chi connectivity index (χ1v) is 9.00. The van der Waals surface area contributed by atoms with Gasteiger partial charge in [0.05, 0.1) is 24.4 Å². The van der Waals surface area contributed by atoms with E-state index in [2.05, 4.69) is 37.9 Å². The standard InChI is InChI=1S/C20H29N3O2/c1-20(2,3)23-13-16(12-22-10-6-8-17(24)14-22)19(21-23)15-7-5-9-18(11-15)25-4/h5,7,9,11,13,17,24H,6,8,10,12,14H2,1-4H3. The van der Waals surface area contributed by atoms with Gasteiger partial charge in [-0.15, -0.1) is 0 Å². The second-order valence-electron chi connectivity index (χ2n) is 7.88. The second-order valence-corrected chi connectivity index (χ2v) is 7.88. The van der Waals surface area contributed by atoms with E-state index in [-0.39, 0.29) is 11.6 Å². The van der Waals surface area contributed by atoms with Gasteiger partial charge >= 0.3 is 0 Å². The van der Waals surface area contributed by atoms with Crippen LogP contribution in [0.1, 0.15) is 39.2 Å². The fourth-order valence-electron chi connectivity index (χ4n) is 3.30. The van der Waals surface area contributed by atoms with Crippen LogP contribution in [0.25, 0.3) is 11.3 Å². The number of aromatic nitrogens is 2. The highest BCUT2D eigenvalue weighted by molar-refractivity contribution is 5.64. The topological polar surface area (TPSA) is 50.5 Å². The molecule has 1 N–H and O–H groups in total. The number of β-amino-alcohol motifs (C(OH)–C–C–N with tert-alkyl or cyclic N) is 1. The minimum absolute atomic E-state index is 0.0761. The second kappa shape index (κ2) is 7.18. The van der Waals surface area contributed by atoms with Crippen molar-refractivity contribution in [2.24, 2.45) is 0 Å². The number of rotatable bonds is 4. The van der Waals surface area contributed by atoms with Gasteiger partial charge in [0, 0.05) is 30.4 Å². The van der Waals surface area contributed by atoms with E-state index >= 15 is 0 Å². The van der Waals surface area contributed by atoms with Gasteiger partial charge in [0.2, 0.25) is 0 Å². The molecule has 2 heterocycles. The normalized spacial score (nSPS) is 19.2. The molecule has 1 fully saturated rings. The van der Waals surface area contributed by atoms with Crippen LogP contribution < -0.4 is 4.74 Å². The summed E-state index contributed by atoms with van der Waals surface area (Å²) in [5, 5.41) is 14.9. The average Bonchev–Trinajstić information content (AvgIpc) is 2.99. The van der Waals surface area contributed by atoms with Crippen molar-refractivity contribution >= 4 is 0 Å². The quantitative estimate of drug-likeness (QED) is 0.926. The third-order valence-electron chi connectivity index (χ3n) is 4.70. The highest BCUT2D eigenvalue weighted by Gasteiger charge is 2.23. The Morgan fingerprint density at radius 1 is 1.32 bits per heavy atom. The van der Waals surface area contributed by atoms with Crippen molar-refractivity contribution in [3.8, 4) is 17.0 Å². The number of aliphatic hydroxyl groups excluding tert-OH is 1. The molecule has 5 nitrogen and oxygen atoms in total. The van der Waals surface area contributed by atoms with E-state index in [0.717, 1.165) is 49.5 Å². The molecule has 136 valence electrons. The summed E-state index contributed by atoms with van der Waals surface area (Å²) in [6.45, 7) is 9.03. The molecule has 3 rings (SSSR count). The van der Waals surface area contributed by atoms with Gasteiger partial charge in [-0.1, -0.05) is 12.1 Å². The van der Waals surface area contributed by atoms with Gasteiger partial charge in [-0.3, -0.25) is 9.58 Å². The molecule has 0 aliphatic carbocycles. The van der Waals surface area contributed by atoms with Gasteiger partial charge in [0.15, 0.2) is 0 Å². The monoisotopic (exact) mass is 343 g/mol. The molecule has 1 aliphatic heterocycles. The van der Waals surface area contributed by atoms with Gasteiger partial charge < -0.3 is 9.84 Å². The zero-order chi connectivity index (χ0) is 18.0. The molecule has 25 heavy (non-hydrogen) atoms. The number of ether oxygens (including phenoxy) is 1. The Morgan fingerprint density at radius 3 is 2.80 bits per heavy atom. The molecule has 0 radical (unpaired) electrons. The van der Waals surface area contributed by atoms with E-state index in [4.69, 9.17) is 9.84 Å². The van der Waals surface area contributed by atoms with Gasteiger partial charge in [-0.25, -0.2) is 0 Å². The smallest absolute Gasteiger partial charge is 0.119 e.